The molecule has 0 amide bonds. The quantitative estimate of drug-likeness (QED) is 0.706. The standard InChI is InChI=1S/C10H16N2O2/c1-3-14-10(13)9-7(2)6-12-8(9)4-5-11/h6,12H,3-5,11H2,1-2H3. The number of hydrogen-bond acceptors (Lipinski definition) is 3. The van der Waals surface area contributed by atoms with E-state index in [0.29, 0.717) is 25.1 Å². The van der Waals surface area contributed by atoms with Crippen LogP contribution < -0.4 is 5.73 Å². The van der Waals surface area contributed by atoms with Crippen LogP contribution in [0.5, 0.6) is 0 Å². The van der Waals surface area contributed by atoms with Gasteiger partial charge in [-0.2, -0.15) is 0 Å². The van der Waals surface area contributed by atoms with Gasteiger partial charge >= 0.3 is 5.97 Å². The van der Waals surface area contributed by atoms with Gasteiger partial charge in [0.15, 0.2) is 0 Å². The van der Waals surface area contributed by atoms with Crippen LogP contribution >= 0.6 is 0 Å². The molecule has 0 aliphatic carbocycles. The molecule has 0 atom stereocenters. The molecule has 0 aromatic carbocycles. The molecular weight excluding hydrogens is 180 g/mol. The van der Waals surface area contributed by atoms with E-state index < -0.39 is 0 Å². The summed E-state index contributed by atoms with van der Waals surface area (Å²) in [5.74, 6) is -0.269. The van der Waals surface area contributed by atoms with Gasteiger partial charge in [-0.15, -0.1) is 0 Å². The predicted molar refractivity (Wildman–Crippen MR) is 54.2 cm³/mol. The van der Waals surface area contributed by atoms with Crippen LogP contribution in [0.2, 0.25) is 0 Å². The fourth-order valence-corrected chi connectivity index (χ4v) is 1.41. The number of nitrogens with two attached hydrogens (primary N) is 1. The molecule has 4 heteroatoms. The zero-order valence-electron chi connectivity index (χ0n) is 8.59. The minimum Gasteiger partial charge on any atom is -0.462 e. The van der Waals surface area contributed by atoms with Crippen LogP contribution in [-0.2, 0) is 11.2 Å². The Morgan fingerprint density at radius 1 is 1.64 bits per heavy atom. The van der Waals surface area contributed by atoms with Gasteiger partial charge in [-0.05, 0) is 26.0 Å². The monoisotopic (exact) mass is 196 g/mol. The molecule has 0 aliphatic heterocycles. The van der Waals surface area contributed by atoms with E-state index in [9.17, 15) is 4.79 Å². The minimum absolute atomic E-state index is 0.269. The number of aromatic nitrogens is 1. The van der Waals surface area contributed by atoms with Crippen LogP contribution in [0.3, 0.4) is 0 Å². The zero-order valence-corrected chi connectivity index (χ0v) is 8.59. The molecular formula is C10H16N2O2. The highest BCUT2D eigenvalue weighted by atomic mass is 16.5. The van der Waals surface area contributed by atoms with Crippen LogP contribution in [0.1, 0.15) is 28.5 Å². The van der Waals surface area contributed by atoms with E-state index in [1.54, 1.807) is 13.1 Å². The van der Waals surface area contributed by atoms with Gasteiger partial charge in [-0.1, -0.05) is 0 Å². The van der Waals surface area contributed by atoms with Crippen LogP contribution in [0.4, 0.5) is 0 Å². The third-order valence-corrected chi connectivity index (χ3v) is 2.03. The SMILES string of the molecule is CCOC(=O)c1c(C)c[nH]c1CCN. The summed E-state index contributed by atoms with van der Waals surface area (Å²) in [6.07, 6.45) is 2.47. The van der Waals surface area contributed by atoms with Gasteiger partial charge in [0.2, 0.25) is 0 Å². The van der Waals surface area contributed by atoms with Gasteiger partial charge in [-0.25, -0.2) is 4.79 Å². The van der Waals surface area contributed by atoms with Gasteiger partial charge < -0.3 is 15.5 Å². The van der Waals surface area contributed by atoms with Crippen molar-refractivity contribution in [2.24, 2.45) is 5.73 Å². The highest BCUT2D eigenvalue weighted by molar-refractivity contribution is 5.92. The first kappa shape index (κ1) is 10.8. The molecule has 1 aromatic rings. The second kappa shape index (κ2) is 4.81. The van der Waals surface area contributed by atoms with Crippen LogP contribution in [0.15, 0.2) is 6.20 Å². The maximum atomic E-state index is 11.5. The van der Waals surface area contributed by atoms with E-state index in [2.05, 4.69) is 4.98 Å². The lowest BCUT2D eigenvalue weighted by molar-refractivity contribution is 0.0524. The first-order valence-corrected chi connectivity index (χ1v) is 4.74. The maximum Gasteiger partial charge on any atom is 0.340 e. The topological polar surface area (TPSA) is 68.1 Å². The fourth-order valence-electron chi connectivity index (χ4n) is 1.41. The molecule has 0 fully saturated rings. The number of nitrogens with one attached hydrogen (secondary N) is 1. The van der Waals surface area contributed by atoms with Crippen molar-refractivity contribution in [3.05, 3.63) is 23.0 Å². The number of rotatable bonds is 4. The molecule has 1 aromatic heterocycles. The molecule has 14 heavy (non-hydrogen) atoms. The third-order valence-electron chi connectivity index (χ3n) is 2.03. The highest BCUT2D eigenvalue weighted by Crippen LogP contribution is 2.14. The van der Waals surface area contributed by atoms with E-state index in [4.69, 9.17) is 10.5 Å². The lowest BCUT2D eigenvalue weighted by Crippen LogP contribution is -2.11. The lowest BCUT2D eigenvalue weighted by Gasteiger charge is -2.03. The molecule has 0 saturated carbocycles. The second-order valence-corrected chi connectivity index (χ2v) is 3.08. The number of carbonyl (C=O) groups is 1. The number of hydrogen-bond donors (Lipinski definition) is 2. The summed E-state index contributed by atoms with van der Waals surface area (Å²) in [4.78, 5) is 14.6. The Morgan fingerprint density at radius 3 is 2.93 bits per heavy atom. The van der Waals surface area contributed by atoms with E-state index in [0.717, 1.165) is 11.3 Å². The number of aryl methyl sites for hydroxylation is 1. The number of esters is 1. The number of ether oxygens (including phenoxy) is 1. The van der Waals surface area contributed by atoms with Gasteiger partial charge in [0, 0.05) is 18.3 Å². The first-order chi connectivity index (χ1) is 6.70. The summed E-state index contributed by atoms with van der Waals surface area (Å²) in [5.41, 5.74) is 7.85. The van der Waals surface area contributed by atoms with Gasteiger partial charge in [0.25, 0.3) is 0 Å². The third kappa shape index (κ3) is 2.14. The van der Waals surface area contributed by atoms with Crippen LogP contribution in [-0.4, -0.2) is 24.1 Å². The van der Waals surface area contributed by atoms with E-state index in [1.165, 1.54) is 0 Å². The van der Waals surface area contributed by atoms with Gasteiger partial charge in [0.1, 0.15) is 0 Å². The Bertz CT molecular complexity index is 318. The molecule has 0 spiro atoms. The molecule has 0 saturated heterocycles. The van der Waals surface area contributed by atoms with Crippen molar-refractivity contribution in [3.8, 4) is 0 Å². The van der Waals surface area contributed by atoms with Crippen molar-refractivity contribution in [1.29, 1.82) is 0 Å². The summed E-state index contributed by atoms with van der Waals surface area (Å²) >= 11 is 0. The Kier molecular flexibility index (Phi) is 3.71. The zero-order chi connectivity index (χ0) is 10.6. The smallest absolute Gasteiger partial charge is 0.340 e. The van der Waals surface area contributed by atoms with Crippen LogP contribution in [0.25, 0.3) is 0 Å². The van der Waals surface area contributed by atoms with Crippen molar-refractivity contribution in [2.45, 2.75) is 20.3 Å². The molecule has 3 N–H and O–H groups in total. The first-order valence-electron chi connectivity index (χ1n) is 4.74. The molecule has 1 heterocycles. The van der Waals surface area contributed by atoms with E-state index >= 15 is 0 Å². The average molecular weight is 196 g/mol. The number of H-pyrrole nitrogens is 1. The Balaban J connectivity index is 2.92. The number of aromatic amines is 1. The highest BCUT2D eigenvalue weighted by Gasteiger charge is 2.16. The molecule has 78 valence electrons. The van der Waals surface area contributed by atoms with Crippen molar-refractivity contribution < 1.29 is 9.53 Å². The molecule has 0 aliphatic rings. The average Bonchev–Trinajstić information content (AvgIpc) is 2.48. The minimum atomic E-state index is -0.269. The molecule has 0 radical (unpaired) electrons. The van der Waals surface area contributed by atoms with Crippen LogP contribution in [0, 0.1) is 6.92 Å². The van der Waals surface area contributed by atoms with Gasteiger partial charge in [0.05, 0.1) is 12.2 Å². The van der Waals surface area contributed by atoms with E-state index in [-0.39, 0.29) is 5.97 Å². The summed E-state index contributed by atoms with van der Waals surface area (Å²) in [7, 11) is 0. The summed E-state index contributed by atoms with van der Waals surface area (Å²) in [5, 5.41) is 0. The van der Waals surface area contributed by atoms with Crippen molar-refractivity contribution in [2.75, 3.05) is 13.2 Å². The van der Waals surface area contributed by atoms with Crippen molar-refractivity contribution in [3.63, 3.8) is 0 Å². The molecule has 0 unspecified atom stereocenters. The Labute approximate surface area is 83.4 Å². The fraction of sp³-hybridized carbons (Fsp3) is 0.500. The lowest BCUT2D eigenvalue weighted by atomic mass is 10.1. The summed E-state index contributed by atoms with van der Waals surface area (Å²) < 4.78 is 4.95. The van der Waals surface area contributed by atoms with Gasteiger partial charge in [-0.3, -0.25) is 0 Å². The van der Waals surface area contributed by atoms with Crippen molar-refractivity contribution >= 4 is 5.97 Å². The maximum absolute atomic E-state index is 11.5. The second-order valence-electron chi connectivity index (χ2n) is 3.08. The number of carbonyl (C=O) groups excluding carboxylic acids is 1. The summed E-state index contributed by atoms with van der Waals surface area (Å²) in [6.45, 7) is 4.59. The Hall–Kier alpha value is -1.29. The predicted octanol–water partition coefficient (Wildman–Crippen LogP) is 1.00. The van der Waals surface area contributed by atoms with Crippen molar-refractivity contribution in [1.82, 2.24) is 4.98 Å². The molecule has 0 bridgehead atoms. The van der Waals surface area contributed by atoms with E-state index in [1.807, 2.05) is 6.92 Å². The molecule has 1 rings (SSSR count). The normalized spacial score (nSPS) is 10.2. The summed E-state index contributed by atoms with van der Waals surface area (Å²) in [6, 6.07) is 0. The largest absolute Gasteiger partial charge is 0.462 e. The molecule has 4 nitrogen and oxygen atoms in total. The Morgan fingerprint density at radius 2 is 2.36 bits per heavy atom.